The third-order valence-electron chi connectivity index (χ3n) is 4.78. The average Bonchev–Trinajstić information content (AvgIpc) is 3.08. The first kappa shape index (κ1) is 17.4. The first-order valence-electron chi connectivity index (χ1n) is 8.79. The zero-order chi connectivity index (χ0) is 18.8. The summed E-state index contributed by atoms with van der Waals surface area (Å²) >= 11 is 5.16. The molecule has 3 aromatic rings. The van der Waals surface area contributed by atoms with Crippen LogP contribution in [0.3, 0.4) is 0 Å². The van der Waals surface area contributed by atoms with Gasteiger partial charge in [0.25, 0.3) is 5.91 Å². The quantitative estimate of drug-likeness (QED) is 0.704. The van der Waals surface area contributed by atoms with Crippen molar-refractivity contribution in [2.24, 2.45) is 0 Å². The number of pyridine rings is 1. The first-order chi connectivity index (χ1) is 13.1. The third kappa shape index (κ3) is 3.61. The van der Waals surface area contributed by atoms with E-state index in [2.05, 4.69) is 10.2 Å². The fourth-order valence-corrected chi connectivity index (χ4v) is 3.45. The molecule has 0 atom stereocenters. The largest absolute Gasteiger partial charge is 0.339 e. The van der Waals surface area contributed by atoms with E-state index in [0.717, 1.165) is 5.56 Å². The van der Waals surface area contributed by atoms with Crippen LogP contribution in [0, 0.1) is 4.77 Å². The molecule has 1 aliphatic heterocycles. The molecule has 3 heterocycles. The Balaban J connectivity index is 1.39. The number of carbonyl (C=O) groups excluding carboxylic acids is 2. The van der Waals surface area contributed by atoms with Crippen molar-refractivity contribution in [2.45, 2.75) is 6.42 Å². The van der Waals surface area contributed by atoms with Crippen LogP contribution in [0.2, 0.25) is 0 Å². The predicted octanol–water partition coefficient (Wildman–Crippen LogP) is 1.92. The Hall–Kier alpha value is -3.00. The van der Waals surface area contributed by atoms with Crippen LogP contribution in [-0.4, -0.2) is 62.4 Å². The van der Waals surface area contributed by atoms with Crippen molar-refractivity contribution in [2.75, 3.05) is 26.2 Å². The van der Waals surface area contributed by atoms with Crippen molar-refractivity contribution < 1.29 is 9.59 Å². The zero-order valence-corrected chi connectivity index (χ0v) is 15.5. The summed E-state index contributed by atoms with van der Waals surface area (Å²) in [4.78, 5) is 28.9. The minimum absolute atomic E-state index is 0.0600. The number of hydrogen-bond donors (Lipinski definition) is 1. The number of hydrogen-bond acceptors (Lipinski definition) is 4. The molecule has 7 nitrogen and oxygen atoms in total. The number of fused-ring (bicyclic) bond motifs is 1. The maximum Gasteiger partial charge on any atom is 0.255 e. The number of benzene rings is 1. The van der Waals surface area contributed by atoms with Crippen molar-refractivity contribution in [3.63, 3.8) is 0 Å². The Labute approximate surface area is 161 Å². The number of carbonyl (C=O) groups is 2. The standard InChI is InChI=1S/C19H19N5O2S/c25-17(12-14-4-2-1-3-5-14)22-8-10-23(11-9-22)18(26)15-6-7-16-20-21-19(27)24(16)13-15/h1-7,13H,8-12H2,(H,21,27). The molecule has 1 aliphatic rings. The van der Waals surface area contributed by atoms with Gasteiger partial charge >= 0.3 is 0 Å². The van der Waals surface area contributed by atoms with E-state index < -0.39 is 0 Å². The highest BCUT2D eigenvalue weighted by Gasteiger charge is 2.25. The van der Waals surface area contributed by atoms with Gasteiger partial charge < -0.3 is 9.80 Å². The van der Waals surface area contributed by atoms with E-state index in [-0.39, 0.29) is 11.8 Å². The summed E-state index contributed by atoms with van der Waals surface area (Å²) in [5.74, 6) is 0.0366. The van der Waals surface area contributed by atoms with Crippen LogP contribution >= 0.6 is 12.2 Å². The zero-order valence-electron chi connectivity index (χ0n) is 14.7. The highest BCUT2D eigenvalue weighted by Crippen LogP contribution is 2.12. The van der Waals surface area contributed by atoms with Crippen LogP contribution in [0.4, 0.5) is 0 Å². The molecule has 1 fully saturated rings. The molecule has 1 saturated heterocycles. The first-order valence-corrected chi connectivity index (χ1v) is 9.20. The second-order valence-corrected chi connectivity index (χ2v) is 6.90. The molecule has 1 aromatic carbocycles. The van der Waals surface area contributed by atoms with Crippen molar-refractivity contribution in [3.8, 4) is 0 Å². The van der Waals surface area contributed by atoms with Gasteiger partial charge in [0.05, 0.1) is 12.0 Å². The predicted molar refractivity (Wildman–Crippen MR) is 103 cm³/mol. The molecule has 0 radical (unpaired) electrons. The molecule has 8 heteroatoms. The van der Waals surface area contributed by atoms with E-state index in [1.54, 1.807) is 27.6 Å². The molecule has 4 rings (SSSR count). The van der Waals surface area contributed by atoms with Crippen LogP contribution in [0.15, 0.2) is 48.7 Å². The maximum absolute atomic E-state index is 12.8. The summed E-state index contributed by atoms with van der Waals surface area (Å²) < 4.78 is 2.14. The Morgan fingerprint density at radius 2 is 1.70 bits per heavy atom. The number of amides is 2. The summed E-state index contributed by atoms with van der Waals surface area (Å²) in [7, 11) is 0. The summed E-state index contributed by atoms with van der Waals surface area (Å²) in [5, 5.41) is 6.78. The van der Waals surface area contributed by atoms with E-state index in [4.69, 9.17) is 12.2 Å². The van der Waals surface area contributed by atoms with Gasteiger partial charge in [0.1, 0.15) is 0 Å². The monoisotopic (exact) mass is 381 g/mol. The van der Waals surface area contributed by atoms with E-state index in [9.17, 15) is 9.59 Å². The van der Waals surface area contributed by atoms with Crippen LogP contribution in [-0.2, 0) is 11.2 Å². The summed E-state index contributed by atoms with van der Waals surface area (Å²) in [5.41, 5.74) is 2.24. The van der Waals surface area contributed by atoms with Crippen molar-refractivity contribution >= 4 is 29.7 Å². The lowest BCUT2D eigenvalue weighted by molar-refractivity contribution is -0.131. The van der Waals surface area contributed by atoms with Gasteiger partial charge in [0.15, 0.2) is 10.4 Å². The van der Waals surface area contributed by atoms with Gasteiger partial charge in [-0.25, -0.2) is 0 Å². The summed E-state index contributed by atoms with van der Waals surface area (Å²) in [6.45, 7) is 2.14. The summed E-state index contributed by atoms with van der Waals surface area (Å²) in [6, 6.07) is 13.2. The second-order valence-electron chi connectivity index (χ2n) is 6.51. The molecule has 2 aromatic heterocycles. The maximum atomic E-state index is 12.8. The Morgan fingerprint density at radius 1 is 1.00 bits per heavy atom. The third-order valence-corrected chi connectivity index (χ3v) is 5.06. The highest BCUT2D eigenvalue weighted by atomic mass is 32.1. The topological polar surface area (TPSA) is 73.7 Å². The fraction of sp³-hybridized carbons (Fsp3) is 0.263. The molecule has 0 bridgehead atoms. The molecule has 1 N–H and O–H groups in total. The Kier molecular flexibility index (Phi) is 4.72. The fourth-order valence-electron chi connectivity index (χ4n) is 3.26. The highest BCUT2D eigenvalue weighted by molar-refractivity contribution is 7.71. The second kappa shape index (κ2) is 7.32. The molecule has 0 unspecified atom stereocenters. The van der Waals surface area contributed by atoms with Crippen molar-refractivity contribution in [1.29, 1.82) is 0 Å². The number of rotatable bonds is 3. The summed E-state index contributed by atoms with van der Waals surface area (Å²) in [6.07, 6.45) is 2.10. The molecule has 138 valence electrons. The van der Waals surface area contributed by atoms with Crippen LogP contribution in [0.25, 0.3) is 5.65 Å². The van der Waals surface area contributed by atoms with Gasteiger partial charge in [-0.3, -0.25) is 19.1 Å². The van der Waals surface area contributed by atoms with Crippen molar-refractivity contribution in [1.82, 2.24) is 24.4 Å². The number of piperazine rings is 1. The van der Waals surface area contributed by atoms with E-state index in [1.807, 2.05) is 35.2 Å². The normalized spacial score (nSPS) is 14.5. The molecular weight excluding hydrogens is 362 g/mol. The van der Waals surface area contributed by atoms with Crippen LogP contribution < -0.4 is 0 Å². The molecule has 27 heavy (non-hydrogen) atoms. The van der Waals surface area contributed by atoms with Gasteiger partial charge in [0, 0.05) is 32.4 Å². The lowest BCUT2D eigenvalue weighted by atomic mass is 10.1. The molecule has 0 spiro atoms. The minimum atomic E-state index is -0.0600. The van der Waals surface area contributed by atoms with Gasteiger partial charge in [-0.2, -0.15) is 5.10 Å². The number of H-pyrrole nitrogens is 1. The number of nitrogens with one attached hydrogen (secondary N) is 1. The number of nitrogens with zero attached hydrogens (tertiary/aromatic N) is 4. The molecular formula is C19H19N5O2S. The van der Waals surface area contributed by atoms with Gasteiger partial charge in [-0.1, -0.05) is 30.3 Å². The lowest BCUT2D eigenvalue weighted by Crippen LogP contribution is -2.51. The molecule has 0 aliphatic carbocycles. The number of aromatic nitrogens is 3. The molecule has 2 amide bonds. The van der Waals surface area contributed by atoms with E-state index in [0.29, 0.717) is 48.6 Å². The minimum Gasteiger partial charge on any atom is -0.339 e. The molecule has 0 saturated carbocycles. The van der Waals surface area contributed by atoms with Gasteiger partial charge in [0.2, 0.25) is 5.91 Å². The van der Waals surface area contributed by atoms with Crippen LogP contribution in [0.1, 0.15) is 15.9 Å². The van der Waals surface area contributed by atoms with Crippen molar-refractivity contribution in [3.05, 3.63) is 64.6 Å². The number of aromatic amines is 1. The van der Waals surface area contributed by atoms with Crippen LogP contribution in [0.5, 0.6) is 0 Å². The van der Waals surface area contributed by atoms with Gasteiger partial charge in [-0.15, -0.1) is 0 Å². The lowest BCUT2D eigenvalue weighted by Gasteiger charge is -2.35. The smallest absolute Gasteiger partial charge is 0.255 e. The van der Waals surface area contributed by atoms with E-state index in [1.165, 1.54) is 0 Å². The van der Waals surface area contributed by atoms with E-state index >= 15 is 0 Å². The average molecular weight is 381 g/mol. The Morgan fingerprint density at radius 3 is 2.44 bits per heavy atom. The SMILES string of the molecule is O=C(Cc1ccccc1)N1CCN(C(=O)c2ccc3n[nH]c(=S)n3c2)CC1. The van der Waals surface area contributed by atoms with Gasteiger partial charge in [-0.05, 0) is 29.9 Å². The Bertz CT molecular complexity index is 1030.